The van der Waals surface area contributed by atoms with Crippen LogP contribution in [0.2, 0.25) is 25.1 Å². The molecule has 0 fully saturated rings. The Kier molecular flexibility index (Phi) is 37.5. The summed E-state index contributed by atoms with van der Waals surface area (Å²) in [5.74, 6) is -1.57. The van der Waals surface area contributed by atoms with E-state index in [4.69, 9.17) is 86.4 Å². The molecular weight excluding hydrogens is 1690 g/mol. The maximum absolute atomic E-state index is 14.0. The van der Waals surface area contributed by atoms with Crippen molar-refractivity contribution >= 4 is 112 Å². The first kappa shape index (κ1) is 96.8. The van der Waals surface area contributed by atoms with Crippen molar-refractivity contribution in [1.82, 2.24) is 53.8 Å². The van der Waals surface area contributed by atoms with E-state index < -0.39 is 35.6 Å². The topological polar surface area (TPSA) is 297 Å². The molecule has 0 aromatic heterocycles. The van der Waals surface area contributed by atoms with Crippen molar-refractivity contribution in [2.45, 2.75) is 103 Å². The monoisotopic (exact) mass is 1800 g/mol. The maximum atomic E-state index is 14.0. The van der Waals surface area contributed by atoms with Crippen LogP contribution in [0.15, 0.2) is 124 Å². The number of hydrogen-bond acceptors (Lipinski definition) is 20. The SMILES string of the molecule is Cc1cc(Cl)c2c(c1)[C@H](c1cccc(S(=O)(=O)NCCOCCOCCN(C)C(=O)CCC(CCC(=O)N(C)CCOCCOCCNS(=O)(=O)c3cccc([C@@H]4CN(C)Cc5c(Cl)cc(Cl)cc54)c3)(CCC(=O)N(C)CCOCCOCCNS(=O)(=O)c3cccc([C@@H]4CN(C)Cc5c(Cl)cc(Cl)cc54)c3)NC(=O)CN(C)C)c1)CN(C)C2. The third kappa shape index (κ3) is 29.0. The van der Waals surface area contributed by atoms with E-state index in [2.05, 4.69) is 40.2 Å². The number of likely N-dealkylation sites (N-methyl/N-ethyl adjacent to an activating group) is 7. The van der Waals surface area contributed by atoms with Gasteiger partial charge in [-0.15, -0.1) is 0 Å². The first-order chi connectivity index (χ1) is 56.6. The van der Waals surface area contributed by atoms with Gasteiger partial charge >= 0.3 is 0 Å². The van der Waals surface area contributed by atoms with Gasteiger partial charge in [0.05, 0.1) is 101 Å². The highest BCUT2D eigenvalue weighted by atomic mass is 35.5. The van der Waals surface area contributed by atoms with E-state index in [1.54, 1.807) is 107 Å². The number of ether oxygens (including phenoxy) is 6. The van der Waals surface area contributed by atoms with Crippen molar-refractivity contribution in [3.05, 3.63) is 190 Å². The fraction of sp³-hybridized carbons (Fsp3) is 0.524. The van der Waals surface area contributed by atoms with Crippen LogP contribution in [0.5, 0.6) is 0 Å². The van der Waals surface area contributed by atoms with Gasteiger partial charge < -0.3 is 68.0 Å². The minimum Gasteiger partial charge on any atom is -0.378 e. The van der Waals surface area contributed by atoms with Crippen LogP contribution in [-0.2, 0) is 97.3 Å². The second kappa shape index (κ2) is 46.1. The first-order valence-corrected chi connectivity index (χ1v) is 46.2. The second-order valence-corrected chi connectivity index (χ2v) is 38.5. The molecule has 4 N–H and O–H groups in total. The van der Waals surface area contributed by atoms with Crippen molar-refractivity contribution in [3.8, 4) is 0 Å². The molecule has 3 heterocycles. The van der Waals surface area contributed by atoms with Gasteiger partial charge in [0, 0.05) is 167 Å². The number of rotatable bonds is 48. The van der Waals surface area contributed by atoms with Gasteiger partial charge in [-0.1, -0.05) is 100 Å². The van der Waals surface area contributed by atoms with Gasteiger partial charge in [-0.25, -0.2) is 39.4 Å². The molecule has 0 bridgehead atoms. The number of carbonyl (C=O) groups excluding carboxylic acids is 4. The largest absolute Gasteiger partial charge is 0.378 e. The minimum atomic E-state index is -3.91. The van der Waals surface area contributed by atoms with E-state index in [1.165, 1.54) is 14.7 Å². The lowest BCUT2D eigenvalue weighted by atomic mass is 9.82. The molecule has 3 aliphatic heterocycles. The predicted molar refractivity (Wildman–Crippen MR) is 463 cm³/mol. The van der Waals surface area contributed by atoms with E-state index in [-0.39, 0.29) is 220 Å². The zero-order chi connectivity index (χ0) is 86.2. The molecule has 0 spiro atoms. The molecule has 6 aromatic rings. The Morgan fingerprint density at radius 1 is 0.420 bits per heavy atom. The van der Waals surface area contributed by atoms with Crippen LogP contribution in [0.4, 0.5) is 0 Å². The summed E-state index contributed by atoms with van der Waals surface area (Å²) >= 11 is 32.7. The number of sulfonamides is 3. The fourth-order valence-electron chi connectivity index (χ4n) is 15.0. The van der Waals surface area contributed by atoms with Crippen molar-refractivity contribution < 1.29 is 72.9 Å². The molecule has 0 saturated carbocycles. The second-order valence-electron chi connectivity index (χ2n) is 31.1. The number of nitrogens with zero attached hydrogens (tertiary/aromatic N) is 7. The molecule has 0 aliphatic carbocycles. The van der Waals surface area contributed by atoms with E-state index in [0.29, 0.717) is 64.4 Å². The van der Waals surface area contributed by atoms with Crippen LogP contribution in [0.1, 0.15) is 112 Å². The minimum absolute atomic E-state index is 0.00281. The van der Waals surface area contributed by atoms with Gasteiger partial charge in [-0.05, 0) is 184 Å². The highest BCUT2D eigenvalue weighted by Crippen LogP contribution is 2.42. The number of nitrogens with one attached hydrogen (secondary N) is 4. The number of benzene rings is 6. The molecule has 654 valence electrons. The van der Waals surface area contributed by atoms with Crippen molar-refractivity contribution in [2.75, 3.05) is 201 Å². The zero-order valence-corrected chi connectivity index (χ0v) is 75.6. The summed E-state index contributed by atoms with van der Waals surface area (Å²) in [6.45, 7) is 8.14. The molecule has 0 radical (unpaired) electrons. The molecule has 4 amide bonds. The number of hydrogen-bond donors (Lipinski definition) is 4. The summed E-state index contributed by atoms with van der Waals surface area (Å²) in [5.41, 5.74) is 8.28. The Hall–Kier alpha value is -6.02. The van der Waals surface area contributed by atoms with E-state index in [0.717, 1.165) is 55.6 Å². The maximum Gasteiger partial charge on any atom is 0.240 e. The van der Waals surface area contributed by atoms with Crippen LogP contribution in [0, 0.1) is 6.92 Å². The van der Waals surface area contributed by atoms with E-state index in [1.807, 2.05) is 64.5 Å². The lowest BCUT2D eigenvalue weighted by molar-refractivity contribution is -0.133. The van der Waals surface area contributed by atoms with Crippen LogP contribution >= 0.6 is 58.0 Å². The van der Waals surface area contributed by atoms with Gasteiger partial charge in [0.2, 0.25) is 53.7 Å². The standard InChI is InChI=1S/C84H114Cl5N11O16S3/c1-59-43-68-71(52-95(4)55-74(68)77(87)44-59)60-13-10-16-65(45-60)117(105,106)90-25-31-111-37-40-114-34-28-98(7)81(102)19-22-84(93-80(101)58-94(2)3,23-20-82(103)99(8)29-35-115-41-38-112-32-26-91-118(107,108)66-17-11-14-61(46-66)72-53-96(5)56-75-69(72)48-63(85)50-78(75)88)24-21-83(104)100(9)30-36-116-42-39-113-33-27-92-119(109,110)67-18-12-15-62(47-67)73-54-97(6)57-76-70(73)49-64(86)51-79(76)89/h10-18,43-51,71-73,90-92H,19-42,52-58H2,1-9H3,(H,93,101)/t71-,72-,73-/m0/s1. The molecule has 119 heavy (non-hydrogen) atoms. The lowest BCUT2D eigenvalue weighted by Crippen LogP contribution is -2.52. The number of carbonyl (C=O) groups is 4. The molecule has 3 atom stereocenters. The Bertz CT molecular complexity index is 4340. The summed E-state index contributed by atoms with van der Waals surface area (Å²) in [5, 5.41) is 6.00. The van der Waals surface area contributed by atoms with E-state index in [9.17, 15) is 44.4 Å². The highest BCUT2D eigenvalue weighted by Gasteiger charge is 2.37. The average molecular weight is 1810 g/mol. The smallest absolute Gasteiger partial charge is 0.240 e. The van der Waals surface area contributed by atoms with Gasteiger partial charge in [-0.3, -0.25) is 19.2 Å². The number of amides is 4. The van der Waals surface area contributed by atoms with Gasteiger partial charge in [0.25, 0.3) is 0 Å². The summed E-state index contributed by atoms with van der Waals surface area (Å²) in [7, 11) is 2.66. The number of aryl methyl sites for hydroxylation is 1. The summed E-state index contributed by atoms with van der Waals surface area (Å²) in [6, 6.07) is 31.9. The zero-order valence-electron chi connectivity index (χ0n) is 69.3. The fourth-order valence-corrected chi connectivity index (χ4v) is 19.7. The quantitative estimate of drug-likeness (QED) is 0.0258. The number of fused-ring (bicyclic) bond motifs is 3. The molecule has 0 saturated heterocycles. The molecular formula is C84H114Cl5N11O16S3. The molecule has 3 aliphatic rings. The summed E-state index contributed by atoms with van der Waals surface area (Å²) < 4.78 is 124. The van der Waals surface area contributed by atoms with Crippen LogP contribution in [0.25, 0.3) is 0 Å². The highest BCUT2D eigenvalue weighted by molar-refractivity contribution is 7.90. The Morgan fingerprint density at radius 3 is 1.04 bits per heavy atom. The predicted octanol–water partition coefficient (Wildman–Crippen LogP) is 9.46. The van der Waals surface area contributed by atoms with Gasteiger partial charge in [0.15, 0.2) is 0 Å². The Balaban J connectivity index is 0.723. The molecule has 35 heteroatoms. The van der Waals surface area contributed by atoms with Gasteiger partial charge in [0.1, 0.15) is 0 Å². The third-order valence-corrected chi connectivity index (χ3v) is 27.2. The Labute approximate surface area is 727 Å². The van der Waals surface area contributed by atoms with Crippen LogP contribution in [-0.4, -0.2) is 290 Å². The van der Waals surface area contributed by atoms with Crippen LogP contribution in [0.3, 0.4) is 0 Å². The molecule has 9 rings (SSSR count). The normalized spacial score (nSPS) is 16.1. The van der Waals surface area contributed by atoms with Crippen LogP contribution < -0.4 is 19.5 Å². The lowest BCUT2D eigenvalue weighted by Gasteiger charge is -2.36. The average Bonchev–Trinajstić information content (AvgIpc) is 0.779. The van der Waals surface area contributed by atoms with E-state index >= 15 is 0 Å². The van der Waals surface area contributed by atoms with Gasteiger partial charge in [-0.2, -0.15) is 0 Å². The van der Waals surface area contributed by atoms with Crippen molar-refractivity contribution in [2.24, 2.45) is 0 Å². The van der Waals surface area contributed by atoms with Crippen molar-refractivity contribution in [3.63, 3.8) is 0 Å². The Morgan fingerprint density at radius 2 is 0.723 bits per heavy atom. The summed E-state index contributed by atoms with van der Waals surface area (Å²) in [6.07, 6.45) is 0.0212. The molecule has 27 nitrogen and oxygen atoms in total. The van der Waals surface area contributed by atoms with Crippen molar-refractivity contribution in [1.29, 1.82) is 0 Å². The molecule has 0 unspecified atom stereocenters. The first-order valence-electron chi connectivity index (χ1n) is 39.8. The third-order valence-electron chi connectivity index (χ3n) is 21.4. The number of halogens is 5. The molecule has 6 aromatic carbocycles. The summed E-state index contributed by atoms with van der Waals surface area (Å²) in [4.78, 5) is 69.0.